The van der Waals surface area contributed by atoms with Gasteiger partial charge in [-0.3, -0.25) is 0 Å². The molecule has 0 aromatic heterocycles. The summed E-state index contributed by atoms with van der Waals surface area (Å²) < 4.78 is 0. The van der Waals surface area contributed by atoms with E-state index >= 15 is 0 Å². The first-order chi connectivity index (χ1) is 6.79. The number of rotatable bonds is 0. The third-order valence-electron chi connectivity index (χ3n) is 1.51. The fourth-order valence-corrected chi connectivity index (χ4v) is 1.20. The second-order valence-corrected chi connectivity index (χ2v) is 3.70. The summed E-state index contributed by atoms with van der Waals surface area (Å²) in [5, 5.41) is 0. The standard InChI is InChI=1S/2C6H6S.H2S/c2*7-6-4-2-1-3-5-6;/h2*1-5,7H;1H2. The number of hydrogen-bond acceptors (Lipinski definition) is 2. The van der Waals surface area contributed by atoms with Crippen LogP contribution in [0.5, 0.6) is 0 Å². The Morgan fingerprint density at radius 2 is 0.800 bits per heavy atom. The molecule has 0 unspecified atom stereocenters. The highest BCUT2D eigenvalue weighted by atomic mass is 32.1. The normalized spacial score (nSPS) is 8.13. The van der Waals surface area contributed by atoms with Crippen LogP contribution in [-0.2, 0) is 0 Å². The second-order valence-electron chi connectivity index (χ2n) is 2.67. The summed E-state index contributed by atoms with van der Waals surface area (Å²) in [4.78, 5) is 2.03. The summed E-state index contributed by atoms with van der Waals surface area (Å²) in [6.45, 7) is 0. The van der Waals surface area contributed by atoms with Gasteiger partial charge < -0.3 is 0 Å². The summed E-state index contributed by atoms with van der Waals surface area (Å²) >= 11 is 8.17. The summed E-state index contributed by atoms with van der Waals surface area (Å²) in [5.41, 5.74) is 0. The predicted octanol–water partition coefficient (Wildman–Crippen LogP) is 4.06. The van der Waals surface area contributed by atoms with Gasteiger partial charge in [-0.25, -0.2) is 0 Å². The van der Waals surface area contributed by atoms with E-state index in [9.17, 15) is 0 Å². The first kappa shape index (κ1) is 14.5. The Morgan fingerprint density at radius 3 is 0.933 bits per heavy atom. The van der Waals surface area contributed by atoms with Crippen LogP contribution in [0.2, 0.25) is 0 Å². The molecule has 0 amide bonds. The molecule has 15 heavy (non-hydrogen) atoms. The van der Waals surface area contributed by atoms with E-state index in [1.54, 1.807) is 0 Å². The molecule has 0 fully saturated rings. The summed E-state index contributed by atoms with van der Waals surface area (Å²) in [5.74, 6) is 0. The number of hydrogen-bond donors (Lipinski definition) is 2. The molecule has 0 bridgehead atoms. The lowest BCUT2D eigenvalue weighted by Crippen LogP contribution is -1.56. The van der Waals surface area contributed by atoms with Crippen molar-refractivity contribution in [1.29, 1.82) is 0 Å². The van der Waals surface area contributed by atoms with Crippen molar-refractivity contribution in [2.75, 3.05) is 0 Å². The SMILES string of the molecule is S.Sc1ccccc1.Sc1ccccc1. The number of benzene rings is 2. The van der Waals surface area contributed by atoms with Crippen molar-refractivity contribution in [3.63, 3.8) is 0 Å². The van der Waals surface area contributed by atoms with Crippen LogP contribution >= 0.6 is 38.8 Å². The third kappa shape index (κ3) is 7.42. The van der Waals surface area contributed by atoms with E-state index in [4.69, 9.17) is 0 Å². The van der Waals surface area contributed by atoms with Crippen molar-refractivity contribution >= 4 is 38.8 Å². The molecule has 0 nitrogen and oxygen atoms in total. The molecule has 0 radical (unpaired) electrons. The molecule has 0 atom stereocenters. The van der Waals surface area contributed by atoms with Gasteiger partial charge in [0.25, 0.3) is 0 Å². The molecule has 2 aromatic rings. The third-order valence-corrected chi connectivity index (χ3v) is 2.11. The zero-order valence-corrected chi connectivity index (χ0v) is 11.0. The van der Waals surface area contributed by atoms with Crippen LogP contribution in [0.15, 0.2) is 70.5 Å². The van der Waals surface area contributed by atoms with E-state index in [1.165, 1.54) is 0 Å². The highest BCUT2D eigenvalue weighted by Crippen LogP contribution is 2.01. The molecule has 2 rings (SSSR count). The zero-order chi connectivity index (χ0) is 10.2. The van der Waals surface area contributed by atoms with Gasteiger partial charge in [-0.15, -0.1) is 25.3 Å². The van der Waals surface area contributed by atoms with Gasteiger partial charge >= 0.3 is 0 Å². The fourth-order valence-electron chi connectivity index (χ4n) is 0.856. The first-order valence-corrected chi connectivity index (χ1v) is 5.16. The summed E-state index contributed by atoms with van der Waals surface area (Å²) in [7, 11) is 0. The monoisotopic (exact) mass is 254 g/mol. The average Bonchev–Trinajstić information content (AvgIpc) is 2.21. The van der Waals surface area contributed by atoms with Gasteiger partial charge in [0.05, 0.1) is 0 Å². The molecule has 0 spiro atoms. The first-order valence-electron chi connectivity index (χ1n) is 4.27. The maximum Gasteiger partial charge on any atom is 0.00399 e. The largest absolute Gasteiger partial charge is 0.197 e. The van der Waals surface area contributed by atoms with Crippen LogP contribution in [0, 0.1) is 0 Å². The molecule has 2 aromatic carbocycles. The van der Waals surface area contributed by atoms with Crippen molar-refractivity contribution in [2.45, 2.75) is 9.79 Å². The maximum atomic E-state index is 4.08. The van der Waals surface area contributed by atoms with Crippen LogP contribution in [0.3, 0.4) is 0 Å². The van der Waals surface area contributed by atoms with Gasteiger partial charge in [-0.2, -0.15) is 13.5 Å². The Morgan fingerprint density at radius 1 is 0.533 bits per heavy atom. The lowest BCUT2D eigenvalue weighted by molar-refractivity contribution is 1.48. The Balaban J connectivity index is 0.000000245. The molecule has 0 saturated heterocycles. The zero-order valence-electron chi connectivity index (χ0n) is 8.17. The Labute approximate surface area is 109 Å². The highest BCUT2D eigenvalue weighted by Gasteiger charge is 1.73. The second kappa shape index (κ2) is 8.77. The van der Waals surface area contributed by atoms with Gasteiger partial charge in [0, 0.05) is 9.79 Å². The van der Waals surface area contributed by atoms with Crippen LogP contribution < -0.4 is 0 Å². The molecule has 0 saturated carbocycles. The van der Waals surface area contributed by atoms with Crippen LogP contribution in [0.25, 0.3) is 0 Å². The predicted molar refractivity (Wildman–Crippen MR) is 77.8 cm³/mol. The van der Waals surface area contributed by atoms with Gasteiger partial charge in [0.2, 0.25) is 0 Å². The Bertz CT molecular complexity index is 308. The highest BCUT2D eigenvalue weighted by molar-refractivity contribution is 7.80. The minimum Gasteiger partial charge on any atom is -0.197 e. The summed E-state index contributed by atoms with van der Waals surface area (Å²) in [6.07, 6.45) is 0. The van der Waals surface area contributed by atoms with Crippen LogP contribution in [0.4, 0.5) is 0 Å². The summed E-state index contributed by atoms with van der Waals surface area (Å²) in [6, 6.07) is 19.6. The van der Waals surface area contributed by atoms with Crippen LogP contribution in [0.1, 0.15) is 0 Å². The molecule has 0 heterocycles. The van der Waals surface area contributed by atoms with E-state index in [0.717, 1.165) is 9.79 Å². The minimum atomic E-state index is 0. The number of thiol groups is 2. The quantitative estimate of drug-likeness (QED) is 0.651. The van der Waals surface area contributed by atoms with Crippen LogP contribution in [-0.4, -0.2) is 0 Å². The smallest absolute Gasteiger partial charge is 0.00399 e. The van der Waals surface area contributed by atoms with Gasteiger partial charge in [-0.1, -0.05) is 36.4 Å². The van der Waals surface area contributed by atoms with E-state index in [2.05, 4.69) is 25.3 Å². The van der Waals surface area contributed by atoms with Crippen molar-refractivity contribution in [3.05, 3.63) is 60.7 Å². The molecular formula is C12H14S3. The maximum absolute atomic E-state index is 4.08. The molecule has 80 valence electrons. The minimum absolute atomic E-state index is 0. The topological polar surface area (TPSA) is 0 Å². The van der Waals surface area contributed by atoms with E-state index < -0.39 is 0 Å². The van der Waals surface area contributed by atoms with Crippen molar-refractivity contribution in [1.82, 2.24) is 0 Å². The lowest BCUT2D eigenvalue weighted by atomic mass is 10.4. The molecule has 0 aliphatic carbocycles. The van der Waals surface area contributed by atoms with Crippen molar-refractivity contribution in [2.24, 2.45) is 0 Å². The van der Waals surface area contributed by atoms with Crippen molar-refractivity contribution < 1.29 is 0 Å². The van der Waals surface area contributed by atoms with E-state index in [-0.39, 0.29) is 13.5 Å². The molecule has 3 heteroatoms. The lowest BCUT2D eigenvalue weighted by Gasteiger charge is -1.81. The fraction of sp³-hybridized carbons (Fsp3) is 0. The Kier molecular flexibility index (Phi) is 8.47. The average molecular weight is 254 g/mol. The van der Waals surface area contributed by atoms with Gasteiger partial charge in [-0.05, 0) is 24.3 Å². The van der Waals surface area contributed by atoms with E-state index in [1.807, 2.05) is 60.7 Å². The van der Waals surface area contributed by atoms with Gasteiger partial charge in [0.1, 0.15) is 0 Å². The molecule has 0 aliphatic heterocycles. The molecular weight excluding hydrogens is 240 g/mol. The Hall–Kier alpha value is -0.510. The van der Waals surface area contributed by atoms with Crippen molar-refractivity contribution in [3.8, 4) is 0 Å². The molecule has 0 N–H and O–H groups in total. The van der Waals surface area contributed by atoms with Gasteiger partial charge in [0.15, 0.2) is 0 Å². The van der Waals surface area contributed by atoms with E-state index in [0.29, 0.717) is 0 Å². The molecule has 0 aliphatic rings.